The number of aromatic amines is 1. The van der Waals surface area contributed by atoms with E-state index in [4.69, 9.17) is 16.3 Å². The number of quaternary nitrogens is 1. The van der Waals surface area contributed by atoms with E-state index in [1.54, 1.807) is 52.1 Å². The normalized spacial score (nSPS) is 11.8. The number of aromatic nitrogens is 1. The highest BCUT2D eigenvalue weighted by Crippen LogP contribution is 2.21. The molecule has 2 rings (SSSR count). The number of benzene rings is 1. The molecular formula is C20H25ClN3O4+. The maximum absolute atomic E-state index is 12.8. The zero-order valence-corrected chi connectivity index (χ0v) is 17.2. The Morgan fingerprint density at radius 2 is 1.75 bits per heavy atom. The molecule has 0 spiro atoms. The number of rotatable bonds is 8. The Morgan fingerprint density at radius 3 is 2.39 bits per heavy atom. The third-order valence-electron chi connectivity index (χ3n) is 4.21. The predicted octanol–water partition coefficient (Wildman–Crippen LogP) is 1.80. The van der Waals surface area contributed by atoms with E-state index in [9.17, 15) is 14.4 Å². The molecule has 1 heterocycles. The minimum atomic E-state index is -0.526. The molecule has 0 saturated heterocycles. The van der Waals surface area contributed by atoms with E-state index in [1.165, 1.54) is 0 Å². The number of hydrogen-bond donors (Lipinski definition) is 3. The van der Waals surface area contributed by atoms with Crippen molar-refractivity contribution in [1.29, 1.82) is 0 Å². The number of anilines is 1. The number of carbonyl (C=O) groups excluding carboxylic acids is 3. The van der Waals surface area contributed by atoms with Crippen molar-refractivity contribution < 1.29 is 24.0 Å². The topological polar surface area (TPSA) is 92.7 Å². The standard InChI is InChI=1S/C20H24ClN3O4/c1-5-28-20(27)19-13(3)22-12(2)18(19)16(25)10-24(4)11-17(26)23-15-9-7-6-8-14(15)21/h6-9,22H,5,10-11H2,1-4H3,(H,23,26)/p+1. The van der Waals surface area contributed by atoms with Gasteiger partial charge in [0.2, 0.25) is 5.78 Å². The molecule has 1 aromatic carbocycles. The van der Waals surface area contributed by atoms with Gasteiger partial charge in [0, 0.05) is 11.4 Å². The molecule has 0 aliphatic carbocycles. The Labute approximate surface area is 169 Å². The summed E-state index contributed by atoms with van der Waals surface area (Å²) in [7, 11) is 1.74. The van der Waals surface area contributed by atoms with Gasteiger partial charge in [-0.1, -0.05) is 23.7 Å². The van der Waals surface area contributed by atoms with Gasteiger partial charge < -0.3 is 19.9 Å². The van der Waals surface area contributed by atoms with Gasteiger partial charge in [-0.05, 0) is 32.9 Å². The first-order valence-corrected chi connectivity index (χ1v) is 9.37. The third kappa shape index (κ3) is 5.21. The van der Waals surface area contributed by atoms with Gasteiger partial charge in [0.25, 0.3) is 5.91 Å². The largest absolute Gasteiger partial charge is 0.462 e. The molecule has 0 aliphatic heterocycles. The van der Waals surface area contributed by atoms with Crippen LogP contribution in [0.2, 0.25) is 5.02 Å². The maximum atomic E-state index is 12.8. The van der Waals surface area contributed by atoms with E-state index in [1.807, 2.05) is 0 Å². The summed E-state index contributed by atoms with van der Waals surface area (Å²) in [5.41, 5.74) is 2.31. The molecule has 1 unspecified atom stereocenters. The van der Waals surface area contributed by atoms with E-state index in [0.717, 1.165) is 0 Å². The monoisotopic (exact) mass is 406 g/mol. The smallest absolute Gasteiger partial charge is 0.340 e. The molecule has 8 heteroatoms. The van der Waals surface area contributed by atoms with Crippen LogP contribution in [0.5, 0.6) is 0 Å². The molecule has 0 fully saturated rings. The minimum absolute atomic E-state index is 0.0560. The fraction of sp³-hybridized carbons (Fsp3) is 0.350. The molecule has 1 atom stereocenters. The molecule has 1 aromatic heterocycles. The number of H-pyrrole nitrogens is 1. The number of aryl methyl sites for hydroxylation is 2. The average molecular weight is 407 g/mol. The highest BCUT2D eigenvalue weighted by atomic mass is 35.5. The molecule has 150 valence electrons. The van der Waals surface area contributed by atoms with Crippen molar-refractivity contribution in [3.63, 3.8) is 0 Å². The van der Waals surface area contributed by atoms with Gasteiger partial charge in [-0.25, -0.2) is 4.79 Å². The van der Waals surface area contributed by atoms with Crippen molar-refractivity contribution in [2.24, 2.45) is 0 Å². The van der Waals surface area contributed by atoms with Crippen LogP contribution >= 0.6 is 11.6 Å². The number of likely N-dealkylation sites (N-methyl/N-ethyl adjacent to an activating group) is 1. The van der Waals surface area contributed by atoms with Crippen molar-refractivity contribution in [3.8, 4) is 0 Å². The van der Waals surface area contributed by atoms with E-state index in [2.05, 4.69) is 10.3 Å². The molecule has 2 aromatic rings. The summed E-state index contributed by atoms with van der Waals surface area (Å²) in [6, 6.07) is 6.94. The fourth-order valence-corrected chi connectivity index (χ4v) is 3.23. The van der Waals surface area contributed by atoms with Crippen molar-refractivity contribution >= 4 is 34.9 Å². The van der Waals surface area contributed by atoms with Gasteiger partial charge in [0.05, 0.1) is 35.5 Å². The van der Waals surface area contributed by atoms with E-state index in [-0.39, 0.29) is 37.0 Å². The minimum Gasteiger partial charge on any atom is -0.462 e. The number of ether oxygens (including phenoxy) is 1. The SMILES string of the molecule is CCOC(=O)c1c(C)[nH]c(C)c1C(=O)C[NH+](C)CC(=O)Nc1ccccc1Cl. The van der Waals surface area contributed by atoms with Gasteiger partial charge in [-0.15, -0.1) is 0 Å². The van der Waals surface area contributed by atoms with Gasteiger partial charge in [-0.2, -0.15) is 0 Å². The van der Waals surface area contributed by atoms with Crippen LogP contribution in [0.3, 0.4) is 0 Å². The van der Waals surface area contributed by atoms with Crippen molar-refractivity contribution in [3.05, 3.63) is 51.8 Å². The number of carbonyl (C=O) groups is 3. The number of Topliss-reactive ketones (excluding diaryl/α,β-unsaturated/α-hetero) is 1. The Hall–Kier alpha value is -2.64. The van der Waals surface area contributed by atoms with E-state index >= 15 is 0 Å². The molecule has 0 aliphatic rings. The average Bonchev–Trinajstić information content (AvgIpc) is 2.91. The molecule has 0 bridgehead atoms. The summed E-state index contributed by atoms with van der Waals surface area (Å²) in [5, 5.41) is 3.18. The Kier molecular flexibility index (Phi) is 7.37. The predicted molar refractivity (Wildman–Crippen MR) is 107 cm³/mol. The molecule has 7 nitrogen and oxygen atoms in total. The van der Waals surface area contributed by atoms with Crippen molar-refractivity contribution in [2.75, 3.05) is 32.1 Å². The third-order valence-corrected chi connectivity index (χ3v) is 4.54. The van der Waals surface area contributed by atoms with Crippen LogP contribution < -0.4 is 10.2 Å². The number of amides is 1. The number of hydrogen-bond acceptors (Lipinski definition) is 4. The number of nitrogens with one attached hydrogen (secondary N) is 3. The van der Waals surface area contributed by atoms with Crippen LogP contribution in [-0.2, 0) is 9.53 Å². The van der Waals surface area contributed by atoms with Crippen LogP contribution in [0.1, 0.15) is 39.0 Å². The van der Waals surface area contributed by atoms with Gasteiger partial charge in [0.1, 0.15) is 6.54 Å². The zero-order valence-electron chi connectivity index (χ0n) is 16.4. The maximum Gasteiger partial charge on any atom is 0.340 e. The first kappa shape index (κ1) is 21.7. The number of halogens is 1. The highest BCUT2D eigenvalue weighted by Gasteiger charge is 2.27. The van der Waals surface area contributed by atoms with Gasteiger partial charge >= 0.3 is 5.97 Å². The lowest BCUT2D eigenvalue weighted by Gasteiger charge is -2.14. The van der Waals surface area contributed by atoms with Crippen LogP contribution in [0.15, 0.2) is 24.3 Å². The second-order valence-electron chi connectivity index (χ2n) is 6.61. The number of esters is 1. The molecule has 3 N–H and O–H groups in total. The van der Waals surface area contributed by atoms with Gasteiger partial charge in [-0.3, -0.25) is 9.59 Å². The molecular weight excluding hydrogens is 382 g/mol. The van der Waals surface area contributed by atoms with E-state index in [0.29, 0.717) is 32.6 Å². The summed E-state index contributed by atoms with van der Waals surface area (Å²) in [6.45, 7) is 5.54. The molecule has 28 heavy (non-hydrogen) atoms. The van der Waals surface area contributed by atoms with Crippen molar-refractivity contribution in [1.82, 2.24) is 4.98 Å². The fourth-order valence-electron chi connectivity index (χ4n) is 3.04. The van der Waals surface area contributed by atoms with Crippen LogP contribution in [0.25, 0.3) is 0 Å². The lowest BCUT2D eigenvalue weighted by Crippen LogP contribution is -3.11. The summed E-state index contributed by atoms with van der Waals surface area (Å²) in [4.78, 5) is 41.0. The zero-order chi connectivity index (χ0) is 20.8. The Morgan fingerprint density at radius 1 is 1.11 bits per heavy atom. The number of ketones is 1. The highest BCUT2D eigenvalue weighted by molar-refractivity contribution is 6.33. The molecule has 0 saturated carbocycles. The van der Waals surface area contributed by atoms with Crippen LogP contribution in [-0.4, -0.2) is 49.4 Å². The molecule has 1 amide bonds. The lowest BCUT2D eigenvalue weighted by atomic mass is 10.0. The summed E-state index contributed by atoms with van der Waals surface area (Å²) in [6.07, 6.45) is 0. The van der Waals surface area contributed by atoms with Crippen LogP contribution in [0, 0.1) is 13.8 Å². The Bertz CT molecular complexity index is 892. The van der Waals surface area contributed by atoms with E-state index < -0.39 is 5.97 Å². The number of para-hydroxylation sites is 1. The van der Waals surface area contributed by atoms with Crippen LogP contribution in [0.4, 0.5) is 5.69 Å². The first-order valence-electron chi connectivity index (χ1n) is 8.99. The second kappa shape index (κ2) is 9.52. The quantitative estimate of drug-likeness (QED) is 0.460. The summed E-state index contributed by atoms with van der Waals surface area (Å²) < 4.78 is 5.07. The first-order chi connectivity index (χ1) is 13.2. The summed E-state index contributed by atoms with van der Waals surface area (Å²) >= 11 is 6.04. The Balaban J connectivity index is 2.05. The lowest BCUT2D eigenvalue weighted by molar-refractivity contribution is -0.861. The van der Waals surface area contributed by atoms with Gasteiger partial charge in [0.15, 0.2) is 6.54 Å². The summed E-state index contributed by atoms with van der Waals surface area (Å²) in [5.74, 6) is -1.01. The second-order valence-corrected chi connectivity index (χ2v) is 7.01. The molecule has 0 radical (unpaired) electrons. The van der Waals surface area contributed by atoms with Crippen molar-refractivity contribution in [2.45, 2.75) is 20.8 Å².